The molecule has 0 saturated heterocycles. The number of hydrogen-bond donors (Lipinski definition) is 0. The molecular weight excluding hydrogens is 278 g/mol. The third kappa shape index (κ3) is 2.33. The minimum Gasteiger partial charge on any atom is -0.465 e. The molecule has 1 aromatic heterocycles. The molecule has 21 heavy (non-hydrogen) atoms. The number of carbonyl (C=O) groups is 4. The van der Waals surface area contributed by atoms with Crippen molar-refractivity contribution in [3.8, 4) is 0 Å². The predicted octanol–water partition coefficient (Wildman–Crippen LogP) is 0.824. The van der Waals surface area contributed by atoms with Gasteiger partial charge in [-0.25, -0.2) is 14.6 Å². The van der Waals surface area contributed by atoms with Crippen molar-refractivity contribution in [3.05, 3.63) is 34.7 Å². The molecule has 0 N–H and O–H groups in total. The number of esters is 2. The topological polar surface area (TPSA) is 99.6 Å². The van der Waals surface area contributed by atoms with E-state index in [0.29, 0.717) is 5.57 Å². The molecule has 108 valence electrons. The molecule has 0 atom stereocenters. The van der Waals surface area contributed by atoms with E-state index < -0.39 is 23.5 Å². The van der Waals surface area contributed by atoms with Crippen molar-refractivity contribution in [1.29, 1.82) is 0 Å². The first-order valence-corrected chi connectivity index (χ1v) is 5.89. The molecule has 1 aliphatic rings. The minimum absolute atomic E-state index is 0.0162. The number of ether oxygens (including phenoxy) is 2. The first-order chi connectivity index (χ1) is 9.90. The summed E-state index contributed by atoms with van der Waals surface area (Å²) in [5.74, 6) is -3.21. The average molecular weight is 289 g/mol. The molecule has 0 bridgehead atoms. The second-order valence-electron chi connectivity index (χ2n) is 4.28. The minimum atomic E-state index is -0.883. The van der Waals surface area contributed by atoms with Crippen LogP contribution in [0.3, 0.4) is 0 Å². The summed E-state index contributed by atoms with van der Waals surface area (Å²) in [4.78, 5) is 50.8. The Balaban J connectivity index is 2.81. The van der Waals surface area contributed by atoms with Gasteiger partial charge in [-0.15, -0.1) is 0 Å². The first-order valence-electron chi connectivity index (χ1n) is 5.89. The number of hydrogen-bond acceptors (Lipinski definition) is 7. The van der Waals surface area contributed by atoms with E-state index in [1.807, 2.05) is 0 Å². The number of allylic oxidation sites excluding steroid dienone is 2. The van der Waals surface area contributed by atoms with E-state index in [1.54, 1.807) is 6.92 Å². The van der Waals surface area contributed by atoms with Gasteiger partial charge in [-0.3, -0.25) is 9.59 Å². The molecule has 2 rings (SSSR count). The van der Waals surface area contributed by atoms with Crippen LogP contribution in [-0.4, -0.2) is 42.7 Å². The van der Waals surface area contributed by atoms with Gasteiger partial charge in [-0.05, 0) is 24.6 Å². The van der Waals surface area contributed by atoms with Gasteiger partial charge in [0.05, 0.1) is 19.8 Å². The first kappa shape index (κ1) is 14.6. The summed E-state index contributed by atoms with van der Waals surface area (Å²) < 4.78 is 9.16. The molecule has 0 aromatic carbocycles. The van der Waals surface area contributed by atoms with E-state index in [4.69, 9.17) is 0 Å². The van der Waals surface area contributed by atoms with Crippen molar-refractivity contribution in [2.45, 2.75) is 6.92 Å². The maximum Gasteiger partial charge on any atom is 0.356 e. The lowest BCUT2D eigenvalue weighted by Crippen LogP contribution is -2.24. The molecule has 0 saturated carbocycles. The Kier molecular flexibility index (Phi) is 3.66. The number of pyridine rings is 1. The Morgan fingerprint density at radius 1 is 1.10 bits per heavy atom. The number of methoxy groups -OCH3 is 2. The summed E-state index contributed by atoms with van der Waals surface area (Å²) in [5.41, 5.74) is 0.0892. The van der Waals surface area contributed by atoms with Crippen LogP contribution in [0.25, 0.3) is 5.57 Å². The maximum absolute atomic E-state index is 11.9. The zero-order chi connectivity index (χ0) is 15.7. The second-order valence-corrected chi connectivity index (χ2v) is 4.28. The number of Topliss-reactive ketones (excluding diaryl/α,β-unsaturated/α-hetero) is 1. The zero-order valence-electron chi connectivity index (χ0n) is 11.6. The standard InChI is InChI=1S/C14H11NO6/c1-6-4-9(16)12(17)11-10(6)7(13(18)20-2)5-8(15-11)14(19)21-3/h4-5H,1-3H3. The lowest BCUT2D eigenvalue weighted by atomic mass is 9.90. The Bertz CT molecular complexity index is 716. The fraction of sp³-hybridized carbons (Fsp3) is 0.214. The lowest BCUT2D eigenvalue weighted by Gasteiger charge is -2.16. The quantitative estimate of drug-likeness (QED) is 0.587. The van der Waals surface area contributed by atoms with Gasteiger partial charge in [0.25, 0.3) is 5.78 Å². The van der Waals surface area contributed by atoms with E-state index >= 15 is 0 Å². The fourth-order valence-electron chi connectivity index (χ4n) is 2.04. The normalized spacial score (nSPS) is 13.4. The summed E-state index contributed by atoms with van der Waals surface area (Å²) in [6.07, 6.45) is 1.12. The Hall–Kier alpha value is -2.83. The van der Waals surface area contributed by atoms with Crippen LogP contribution in [0.1, 0.15) is 43.8 Å². The molecule has 0 aliphatic heterocycles. The van der Waals surface area contributed by atoms with E-state index in [1.165, 1.54) is 13.2 Å². The number of aromatic nitrogens is 1. The van der Waals surface area contributed by atoms with Crippen molar-refractivity contribution < 1.29 is 28.7 Å². The van der Waals surface area contributed by atoms with E-state index in [-0.39, 0.29) is 22.5 Å². The van der Waals surface area contributed by atoms with E-state index in [0.717, 1.165) is 13.2 Å². The lowest BCUT2D eigenvalue weighted by molar-refractivity contribution is -0.111. The molecule has 0 fully saturated rings. The Labute approximate surface area is 119 Å². The molecule has 0 spiro atoms. The molecule has 7 nitrogen and oxygen atoms in total. The van der Waals surface area contributed by atoms with Gasteiger partial charge in [-0.1, -0.05) is 0 Å². The van der Waals surface area contributed by atoms with Gasteiger partial charge in [-0.2, -0.15) is 0 Å². The van der Waals surface area contributed by atoms with Crippen molar-refractivity contribution in [2.75, 3.05) is 14.2 Å². The van der Waals surface area contributed by atoms with Gasteiger partial charge >= 0.3 is 11.9 Å². The third-order valence-corrected chi connectivity index (χ3v) is 3.00. The van der Waals surface area contributed by atoms with Crippen molar-refractivity contribution in [1.82, 2.24) is 4.98 Å². The highest BCUT2D eigenvalue weighted by Crippen LogP contribution is 2.28. The van der Waals surface area contributed by atoms with Crippen LogP contribution >= 0.6 is 0 Å². The molecule has 1 aliphatic carbocycles. The van der Waals surface area contributed by atoms with Crippen LogP contribution in [0, 0.1) is 0 Å². The van der Waals surface area contributed by atoms with E-state index in [2.05, 4.69) is 14.5 Å². The highest BCUT2D eigenvalue weighted by atomic mass is 16.5. The monoisotopic (exact) mass is 289 g/mol. The Morgan fingerprint density at radius 3 is 2.29 bits per heavy atom. The van der Waals surface area contributed by atoms with Gasteiger partial charge in [0.2, 0.25) is 5.78 Å². The predicted molar refractivity (Wildman–Crippen MR) is 69.9 cm³/mol. The van der Waals surface area contributed by atoms with Crippen LogP contribution in [0.2, 0.25) is 0 Å². The van der Waals surface area contributed by atoms with Gasteiger partial charge in [0, 0.05) is 5.56 Å². The number of fused-ring (bicyclic) bond motifs is 1. The molecule has 7 heteroatoms. The summed E-state index contributed by atoms with van der Waals surface area (Å²) in [6.45, 7) is 1.56. The van der Waals surface area contributed by atoms with Gasteiger partial charge in [0.15, 0.2) is 0 Å². The van der Waals surface area contributed by atoms with Crippen LogP contribution < -0.4 is 0 Å². The molecule has 0 radical (unpaired) electrons. The zero-order valence-corrected chi connectivity index (χ0v) is 11.6. The summed E-state index contributed by atoms with van der Waals surface area (Å²) in [6, 6.07) is 1.18. The number of ketones is 2. The maximum atomic E-state index is 11.9. The highest BCUT2D eigenvalue weighted by molar-refractivity contribution is 6.50. The van der Waals surface area contributed by atoms with Crippen molar-refractivity contribution >= 4 is 29.1 Å². The van der Waals surface area contributed by atoms with Crippen LogP contribution in [0.4, 0.5) is 0 Å². The van der Waals surface area contributed by atoms with Crippen LogP contribution in [-0.2, 0) is 14.3 Å². The average Bonchev–Trinajstić information content (AvgIpc) is 2.49. The summed E-state index contributed by atoms with van der Waals surface area (Å²) >= 11 is 0. The molecule has 1 aromatic rings. The van der Waals surface area contributed by atoms with Crippen molar-refractivity contribution in [2.24, 2.45) is 0 Å². The molecule has 0 amide bonds. The van der Waals surface area contributed by atoms with Gasteiger partial charge in [0.1, 0.15) is 11.4 Å². The number of nitrogens with zero attached hydrogens (tertiary/aromatic N) is 1. The Morgan fingerprint density at radius 2 is 1.71 bits per heavy atom. The van der Waals surface area contributed by atoms with Crippen LogP contribution in [0.15, 0.2) is 12.1 Å². The second kappa shape index (κ2) is 5.28. The highest BCUT2D eigenvalue weighted by Gasteiger charge is 2.31. The SMILES string of the molecule is COC(=O)c1cc(C(=O)OC)c2c(n1)C(=O)C(=O)C=C2C. The van der Waals surface area contributed by atoms with Crippen LogP contribution in [0.5, 0.6) is 0 Å². The molecule has 0 unspecified atom stereocenters. The summed E-state index contributed by atoms with van der Waals surface area (Å²) in [7, 11) is 2.31. The third-order valence-electron chi connectivity index (χ3n) is 3.00. The smallest absolute Gasteiger partial charge is 0.356 e. The fourth-order valence-corrected chi connectivity index (χ4v) is 2.04. The van der Waals surface area contributed by atoms with Crippen molar-refractivity contribution in [3.63, 3.8) is 0 Å². The summed E-state index contributed by atoms with van der Waals surface area (Å²) in [5, 5.41) is 0. The van der Waals surface area contributed by atoms with Gasteiger partial charge < -0.3 is 9.47 Å². The largest absolute Gasteiger partial charge is 0.465 e. The number of rotatable bonds is 2. The molecule has 1 heterocycles. The molecular formula is C14H11NO6. The number of carbonyl (C=O) groups excluding carboxylic acids is 4. The van der Waals surface area contributed by atoms with E-state index in [9.17, 15) is 19.2 Å².